The van der Waals surface area contributed by atoms with Gasteiger partial charge in [-0.25, -0.2) is 0 Å². The van der Waals surface area contributed by atoms with E-state index in [1.807, 2.05) is 30.9 Å². The maximum absolute atomic E-state index is 12.5. The molecule has 1 aromatic rings. The van der Waals surface area contributed by atoms with Crippen LogP contribution >= 0.6 is 11.6 Å². The molecule has 1 saturated heterocycles. The third-order valence-electron chi connectivity index (χ3n) is 4.24. The highest BCUT2D eigenvalue weighted by molar-refractivity contribution is 6.33. The van der Waals surface area contributed by atoms with Gasteiger partial charge in [0.15, 0.2) is 0 Å². The van der Waals surface area contributed by atoms with Gasteiger partial charge >= 0.3 is 0 Å². The van der Waals surface area contributed by atoms with Gasteiger partial charge in [-0.3, -0.25) is 14.5 Å². The molecule has 6 heteroatoms. The van der Waals surface area contributed by atoms with Crippen molar-refractivity contribution in [3.63, 3.8) is 0 Å². The Morgan fingerprint density at radius 2 is 1.70 bits per heavy atom. The third kappa shape index (κ3) is 4.45. The zero-order valence-electron chi connectivity index (χ0n) is 13.8. The van der Waals surface area contributed by atoms with E-state index in [-0.39, 0.29) is 11.8 Å². The smallest absolute Gasteiger partial charge is 0.255 e. The molecule has 0 aromatic heterocycles. The van der Waals surface area contributed by atoms with Gasteiger partial charge in [0, 0.05) is 39.3 Å². The minimum absolute atomic E-state index is 0.0367. The van der Waals surface area contributed by atoms with Crippen LogP contribution in [0, 0.1) is 0 Å². The minimum Gasteiger partial charge on any atom is -0.342 e. The zero-order chi connectivity index (χ0) is 16.8. The monoisotopic (exact) mass is 337 g/mol. The number of piperazine rings is 1. The van der Waals surface area contributed by atoms with E-state index in [4.69, 9.17) is 11.6 Å². The molecule has 5 nitrogen and oxygen atoms in total. The van der Waals surface area contributed by atoms with Crippen LogP contribution in [0.2, 0.25) is 5.02 Å². The Labute approximate surface area is 142 Å². The number of hydrogen-bond donors (Lipinski definition) is 0. The predicted octanol–water partition coefficient (Wildman–Crippen LogP) is 1.97. The molecule has 0 N–H and O–H groups in total. The van der Waals surface area contributed by atoms with Gasteiger partial charge in [-0.2, -0.15) is 0 Å². The van der Waals surface area contributed by atoms with E-state index >= 15 is 0 Å². The van der Waals surface area contributed by atoms with Crippen molar-refractivity contribution in [2.24, 2.45) is 0 Å². The molecule has 23 heavy (non-hydrogen) atoms. The van der Waals surface area contributed by atoms with E-state index < -0.39 is 0 Å². The van der Waals surface area contributed by atoms with E-state index in [0.717, 1.165) is 13.1 Å². The summed E-state index contributed by atoms with van der Waals surface area (Å²) in [5.74, 6) is 0.117. The van der Waals surface area contributed by atoms with Gasteiger partial charge in [-0.1, -0.05) is 23.7 Å². The number of halogens is 1. The van der Waals surface area contributed by atoms with E-state index in [1.165, 1.54) is 0 Å². The summed E-state index contributed by atoms with van der Waals surface area (Å²) in [6.45, 7) is 8.54. The Kier molecular flexibility index (Phi) is 6.42. The van der Waals surface area contributed by atoms with Crippen molar-refractivity contribution in [1.29, 1.82) is 0 Å². The number of likely N-dealkylation sites (N-methyl/N-ethyl adjacent to an activating group) is 1. The average Bonchev–Trinajstić information content (AvgIpc) is 2.56. The van der Waals surface area contributed by atoms with Gasteiger partial charge in [0.05, 0.1) is 17.1 Å². The summed E-state index contributed by atoms with van der Waals surface area (Å²) < 4.78 is 0. The Morgan fingerprint density at radius 1 is 1.09 bits per heavy atom. The molecule has 2 amide bonds. The fraction of sp³-hybridized carbons (Fsp3) is 0.529. The Morgan fingerprint density at radius 3 is 2.26 bits per heavy atom. The highest BCUT2D eigenvalue weighted by atomic mass is 35.5. The van der Waals surface area contributed by atoms with E-state index in [9.17, 15) is 9.59 Å². The summed E-state index contributed by atoms with van der Waals surface area (Å²) in [6.07, 6.45) is 0. The fourth-order valence-electron chi connectivity index (χ4n) is 2.78. The highest BCUT2D eigenvalue weighted by Crippen LogP contribution is 2.18. The predicted molar refractivity (Wildman–Crippen MR) is 91.7 cm³/mol. The quantitative estimate of drug-likeness (QED) is 0.825. The lowest BCUT2D eigenvalue weighted by molar-refractivity contribution is -0.132. The van der Waals surface area contributed by atoms with Crippen LogP contribution in [-0.2, 0) is 4.79 Å². The van der Waals surface area contributed by atoms with Crippen LogP contribution < -0.4 is 0 Å². The first kappa shape index (κ1) is 17.8. The number of nitrogens with zero attached hydrogens (tertiary/aromatic N) is 3. The van der Waals surface area contributed by atoms with Crippen LogP contribution in [0.25, 0.3) is 0 Å². The second-order valence-corrected chi connectivity index (χ2v) is 6.02. The molecule has 1 aromatic carbocycles. The van der Waals surface area contributed by atoms with Crippen molar-refractivity contribution in [3.05, 3.63) is 34.9 Å². The standard InChI is InChI=1S/C17H24ClN3O2/c1-3-20(4-2)16(22)13-19-9-11-21(12-10-19)17(23)14-7-5-6-8-15(14)18/h5-8H,3-4,9-13H2,1-2H3. The highest BCUT2D eigenvalue weighted by Gasteiger charge is 2.25. The SMILES string of the molecule is CCN(CC)C(=O)CN1CCN(C(=O)c2ccccc2Cl)CC1. The molecule has 0 atom stereocenters. The molecule has 1 fully saturated rings. The molecule has 126 valence electrons. The number of carbonyl (C=O) groups is 2. The Hall–Kier alpha value is -1.59. The maximum Gasteiger partial charge on any atom is 0.255 e. The molecule has 0 bridgehead atoms. The third-order valence-corrected chi connectivity index (χ3v) is 4.57. The first-order chi connectivity index (χ1) is 11.1. The molecule has 0 saturated carbocycles. The lowest BCUT2D eigenvalue weighted by Gasteiger charge is -2.35. The minimum atomic E-state index is -0.0367. The first-order valence-corrected chi connectivity index (χ1v) is 8.48. The van der Waals surface area contributed by atoms with Crippen molar-refractivity contribution in [1.82, 2.24) is 14.7 Å². The van der Waals surface area contributed by atoms with Crippen molar-refractivity contribution in [3.8, 4) is 0 Å². The summed E-state index contributed by atoms with van der Waals surface area (Å²) in [4.78, 5) is 30.4. The fourth-order valence-corrected chi connectivity index (χ4v) is 3.00. The largest absolute Gasteiger partial charge is 0.342 e. The van der Waals surface area contributed by atoms with E-state index in [2.05, 4.69) is 4.90 Å². The van der Waals surface area contributed by atoms with Gasteiger partial charge in [0.1, 0.15) is 0 Å². The maximum atomic E-state index is 12.5. The number of amides is 2. The lowest BCUT2D eigenvalue weighted by atomic mass is 10.2. The summed E-state index contributed by atoms with van der Waals surface area (Å²) in [5, 5.41) is 0.483. The van der Waals surface area contributed by atoms with Crippen LogP contribution in [0.5, 0.6) is 0 Å². The summed E-state index contributed by atoms with van der Waals surface area (Å²) in [6, 6.07) is 7.11. The number of benzene rings is 1. The number of hydrogen-bond acceptors (Lipinski definition) is 3. The topological polar surface area (TPSA) is 43.9 Å². The first-order valence-electron chi connectivity index (χ1n) is 8.10. The van der Waals surface area contributed by atoms with Gasteiger partial charge in [-0.15, -0.1) is 0 Å². The number of carbonyl (C=O) groups excluding carboxylic acids is 2. The van der Waals surface area contributed by atoms with Crippen molar-refractivity contribution in [2.75, 3.05) is 45.8 Å². The molecular weight excluding hydrogens is 314 g/mol. The van der Waals surface area contributed by atoms with Crippen molar-refractivity contribution in [2.45, 2.75) is 13.8 Å². The molecule has 0 spiro atoms. The van der Waals surface area contributed by atoms with Gasteiger partial charge in [-0.05, 0) is 26.0 Å². The van der Waals surface area contributed by atoms with Crippen molar-refractivity contribution < 1.29 is 9.59 Å². The molecule has 0 aliphatic carbocycles. The molecule has 1 aliphatic rings. The second-order valence-electron chi connectivity index (χ2n) is 5.61. The second kappa shape index (κ2) is 8.31. The van der Waals surface area contributed by atoms with Gasteiger partial charge < -0.3 is 9.80 Å². The van der Waals surface area contributed by atoms with Crippen LogP contribution in [-0.4, -0.2) is 72.3 Å². The zero-order valence-corrected chi connectivity index (χ0v) is 14.6. The molecule has 0 radical (unpaired) electrons. The summed E-state index contributed by atoms with van der Waals surface area (Å²) in [5.41, 5.74) is 0.543. The van der Waals surface area contributed by atoms with Crippen molar-refractivity contribution >= 4 is 23.4 Å². The summed E-state index contributed by atoms with van der Waals surface area (Å²) in [7, 11) is 0. The average molecular weight is 338 g/mol. The lowest BCUT2D eigenvalue weighted by Crippen LogP contribution is -2.51. The van der Waals surface area contributed by atoms with E-state index in [0.29, 0.717) is 43.3 Å². The molecule has 1 aliphatic heterocycles. The van der Waals surface area contributed by atoms with Crippen LogP contribution in [0.15, 0.2) is 24.3 Å². The van der Waals surface area contributed by atoms with E-state index in [1.54, 1.807) is 17.0 Å². The van der Waals surface area contributed by atoms with Gasteiger partial charge in [0.2, 0.25) is 5.91 Å². The molecular formula is C17H24ClN3O2. The Balaban J connectivity index is 1.88. The molecule has 1 heterocycles. The normalized spacial score (nSPS) is 15.5. The Bertz CT molecular complexity index is 553. The van der Waals surface area contributed by atoms with Crippen LogP contribution in [0.3, 0.4) is 0 Å². The summed E-state index contributed by atoms with van der Waals surface area (Å²) >= 11 is 6.09. The van der Waals surface area contributed by atoms with Crippen LogP contribution in [0.1, 0.15) is 24.2 Å². The molecule has 2 rings (SSSR count). The van der Waals surface area contributed by atoms with Gasteiger partial charge in [0.25, 0.3) is 5.91 Å². The van der Waals surface area contributed by atoms with Crippen LogP contribution in [0.4, 0.5) is 0 Å². The number of rotatable bonds is 5. The molecule has 0 unspecified atom stereocenters.